The second-order valence-electron chi connectivity index (χ2n) is 5.65. The molecular weight excluding hydrogens is 230 g/mol. The third kappa shape index (κ3) is 4.67. The highest BCUT2D eigenvalue weighted by atomic mass is 16.4. The van der Waals surface area contributed by atoms with Crippen LogP contribution in [0, 0.1) is 5.41 Å². The van der Waals surface area contributed by atoms with E-state index in [4.69, 9.17) is 0 Å². The average molecular weight is 257 g/mol. The van der Waals surface area contributed by atoms with E-state index in [9.17, 15) is 14.7 Å². The van der Waals surface area contributed by atoms with Gasteiger partial charge in [0.05, 0.1) is 5.41 Å². The molecule has 0 radical (unpaired) electrons. The number of carboxylic acid groups (broad SMARTS) is 1. The third-order valence-electron chi connectivity index (χ3n) is 3.66. The Balaban J connectivity index is 4.68. The predicted molar refractivity (Wildman–Crippen MR) is 72.4 cm³/mol. The van der Waals surface area contributed by atoms with Crippen LogP contribution in [0.4, 0.5) is 0 Å². The molecule has 0 aliphatic heterocycles. The molecule has 4 heteroatoms. The Hall–Kier alpha value is -1.06. The quantitative estimate of drug-likeness (QED) is 0.702. The topological polar surface area (TPSA) is 66.4 Å². The van der Waals surface area contributed by atoms with Gasteiger partial charge in [-0.15, -0.1) is 0 Å². The lowest BCUT2D eigenvalue weighted by atomic mass is 9.79. The van der Waals surface area contributed by atoms with E-state index < -0.39 is 11.4 Å². The maximum atomic E-state index is 12.0. The van der Waals surface area contributed by atoms with Gasteiger partial charge in [0.1, 0.15) is 0 Å². The summed E-state index contributed by atoms with van der Waals surface area (Å²) in [5.74, 6) is -1.05. The Morgan fingerprint density at radius 2 is 1.61 bits per heavy atom. The molecule has 0 unspecified atom stereocenters. The molecule has 0 heterocycles. The molecule has 0 saturated heterocycles. The van der Waals surface area contributed by atoms with Crippen LogP contribution in [-0.2, 0) is 9.59 Å². The molecule has 0 bridgehead atoms. The zero-order valence-electron chi connectivity index (χ0n) is 12.3. The smallest absolute Gasteiger partial charge is 0.310 e. The lowest BCUT2D eigenvalue weighted by molar-refractivity contribution is -0.152. The van der Waals surface area contributed by atoms with Crippen molar-refractivity contribution in [1.82, 2.24) is 5.32 Å². The van der Waals surface area contributed by atoms with E-state index in [-0.39, 0.29) is 17.9 Å². The molecule has 0 aliphatic rings. The predicted octanol–water partition coefficient (Wildman–Crippen LogP) is 2.96. The summed E-state index contributed by atoms with van der Waals surface area (Å²) in [6, 6.07) is 0. The fourth-order valence-corrected chi connectivity index (χ4v) is 2.29. The highest BCUT2D eigenvalue weighted by Crippen LogP contribution is 2.31. The maximum Gasteiger partial charge on any atom is 0.310 e. The Morgan fingerprint density at radius 1 is 1.11 bits per heavy atom. The number of nitrogens with one attached hydrogen (secondary N) is 1. The molecule has 4 nitrogen and oxygen atoms in total. The molecule has 0 aromatic carbocycles. The summed E-state index contributed by atoms with van der Waals surface area (Å²) in [6.45, 7) is 9.64. The first-order valence-corrected chi connectivity index (χ1v) is 6.77. The van der Waals surface area contributed by atoms with E-state index in [1.165, 1.54) is 0 Å². The average Bonchev–Trinajstić information content (AvgIpc) is 2.24. The van der Waals surface area contributed by atoms with Crippen molar-refractivity contribution in [2.24, 2.45) is 5.41 Å². The van der Waals surface area contributed by atoms with E-state index in [2.05, 4.69) is 12.2 Å². The molecule has 1 amide bonds. The van der Waals surface area contributed by atoms with Crippen LogP contribution in [0.3, 0.4) is 0 Å². The van der Waals surface area contributed by atoms with Gasteiger partial charge in [0, 0.05) is 12.0 Å². The van der Waals surface area contributed by atoms with Gasteiger partial charge in [-0.1, -0.05) is 27.2 Å². The number of amides is 1. The largest absolute Gasteiger partial charge is 0.481 e. The van der Waals surface area contributed by atoms with Crippen LogP contribution in [0.2, 0.25) is 0 Å². The molecule has 0 atom stereocenters. The second-order valence-corrected chi connectivity index (χ2v) is 5.65. The fourth-order valence-electron chi connectivity index (χ4n) is 2.29. The summed E-state index contributed by atoms with van der Waals surface area (Å²) in [7, 11) is 0. The zero-order valence-corrected chi connectivity index (χ0v) is 12.3. The third-order valence-corrected chi connectivity index (χ3v) is 3.66. The van der Waals surface area contributed by atoms with Gasteiger partial charge >= 0.3 is 5.97 Å². The van der Waals surface area contributed by atoms with Gasteiger partial charge < -0.3 is 10.4 Å². The van der Waals surface area contributed by atoms with Crippen molar-refractivity contribution in [3.8, 4) is 0 Å². The van der Waals surface area contributed by atoms with Gasteiger partial charge in [0.25, 0.3) is 0 Å². The van der Waals surface area contributed by atoms with Gasteiger partial charge in [-0.2, -0.15) is 0 Å². The van der Waals surface area contributed by atoms with Gasteiger partial charge in [-0.25, -0.2) is 0 Å². The van der Waals surface area contributed by atoms with Crippen LogP contribution in [0.5, 0.6) is 0 Å². The molecule has 106 valence electrons. The first-order chi connectivity index (χ1) is 8.23. The summed E-state index contributed by atoms with van der Waals surface area (Å²) in [4.78, 5) is 23.3. The van der Waals surface area contributed by atoms with Gasteiger partial charge in [-0.3, -0.25) is 9.59 Å². The Morgan fingerprint density at radius 3 is 1.94 bits per heavy atom. The van der Waals surface area contributed by atoms with Crippen LogP contribution in [0.15, 0.2) is 0 Å². The molecule has 0 fully saturated rings. The van der Waals surface area contributed by atoms with Crippen molar-refractivity contribution in [3.05, 3.63) is 0 Å². The van der Waals surface area contributed by atoms with Crippen molar-refractivity contribution in [2.45, 2.75) is 72.3 Å². The molecule has 0 aromatic heterocycles. The maximum absolute atomic E-state index is 12.0. The van der Waals surface area contributed by atoms with Crippen molar-refractivity contribution in [1.29, 1.82) is 0 Å². The molecule has 0 saturated carbocycles. The Labute approximate surface area is 110 Å². The zero-order chi connectivity index (χ0) is 14.4. The molecule has 0 aliphatic carbocycles. The van der Waals surface area contributed by atoms with Crippen LogP contribution < -0.4 is 5.32 Å². The minimum absolute atomic E-state index is 0.0580. The molecular formula is C14H27NO3. The molecule has 18 heavy (non-hydrogen) atoms. The summed E-state index contributed by atoms with van der Waals surface area (Å²) >= 11 is 0. The Kier molecular flexibility index (Phi) is 6.36. The summed E-state index contributed by atoms with van der Waals surface area (Å²) in [5.41, 5.74) is -1.19. The van der Waals surface area contributed by atoms with E-state index >= 15 is 0 Å². The SMILES string of the molecule is CCCC(C)(C)NC(=O)CC(CC)(CC)C(=O)O. The first-order valence-electron chi connectivity index (χ1n) is 6.77. The minimum Gasteiger partial charge on any atom is -0.481 e. The minimum atomic E-state index is -0.924. The fraction of sp³-hybridized carbons (Fsp3) is 0.857. The monoisotopic (exact) mass is 257 g/mol. The van der Waals surface area contributed by atoms with Gasteiger partial charge in [0.15, 0.2) is 0 Å². The van der Waals surface area contributed by atoms with E-state index in [1.54, 1.807) is 0 Å². The van der Waals surface area contributed by atoms with Crippen molar-refractivity contribution >= 4 is 11.9 Å². The van der Waals surface area contributed by atoms with Crippen LogP contribution in [0.1, 0.15) is 66.7 Å². The molecule has 0 spiro atoms. The van der Waals surface area contributed by atoms with Crippen molar-refractivity contribution < 1.29 is 14.7 Å². The lowest BCUT2D eigenvalue weighted by Gasteiger charge is -2.30. The first kappa shape index (κ1) is 16.9. The number of hydrogen-bond acceptors (Lipinski definition) is 2. The standard InChI is InChI=1S/C14H27NO3/c1-6-9-13(4,5)15-11(16)10-14(7-2,8-3)12(17)18/h6-10H2,1-5H3,(H,15,16)(H,17,18). The normalized spacial score (nSPS) is 12.3. The highest BCUT2D eigenvalue weighted by molar-refractivity contribution is 5.85. The van der Waals surface area contributed by atoms with E-state index in [0.717, 1.165) is 12.8 Å². The molecule has 2 N–H and O–H groups in total. The second kappa shape index (κ2) is 6.76. The molecule has 0 rings (SSSR count). The van der Waals surface area contributed by atoms with Crippen molar-refractivity contribution in [2.75, 3.05) is 0 Å². The summed E-state index contributed by atoms with van der Waals surface area (Å²) in [6.07, 6.45) is 2.87. The number of carbonyl (C=O) groups excluding carboxylic acids is 1. The summed E-state index contributed by atoms with van der Waals surface area (Å²) < 4.78 is 0. The lowest BCUT2D eigenvalue weighted by Crippen LogP contribution is -2.46. The molecule has 0 aromatic rings. The van der Waals surface area contributed by atoms with Gasteiger partial charge in [-0.05, 0) is 33.1 Å². The van der Waals surface area contributed by atoms with Crippen LogP contribution in [0.25, 0.3) is 0 Å². The number of aliphatic carboxylic acids is 1. The van der Waals surface area contributed by atoms with Crippen molar-refractivity contribution in [3.63, 3.8) is 0 Å². The highest BCUT2D eigenvalue weighted by Gasteiger charge is 2.37. The van der Waals surface area contributed by atoms with Crippen LogP contribution in [-0.4, -0.2) is 22.5 Å². The summed E-state index contributed by atoms with van der Waals surface area (Å²) in [5, 5.41) is 12.2. The number of rotatable bonds is 8. The van der Waals surface area contributed by atoms with E-state index in [1.807, 2.05) is 27.7 Å². The number of hydrogen-bond donors (Lipinski definition) is 2. The Bertz CT molecular complexity index is 293. The number of carbonyl (C=O) groups is 2. The van der Waals surface area contributed by atoms with E-state index in [0.29, 0.717) is 12.8 Å². The van der Waals surface area contributed by atoms with Gasteiger partial charge in [0.2, 0.25) is 5.91 Å². The number of carboxylic acids is 1. The van der Waals surface area contributed by atoms with Crippen LogP contribution >= 0.6 is 0 Å².